The number of aromatic nitrogens is 1. The third kappa shape index (κ3) is 1.28. The van der Waals surface area contributed by atoms with Gasteiger partial charge in [0.1, 0.15) is 5.76 Å². The highest BCUT2D eigenvalue weighted by Crippen LogP contribution is 2.26. The van der Waals surface area contributed by atoms with Gasteiger partial charge in [-0.1, -0.05) is 0 Å². The molecule has 0 aliphatic rings. The highest BCUT2D eigenvalue weighted by molar-refractivity contribution is 9.10. The van der Waals surface area contributed by atoms with Crippen LogP contribution in [0.2, 0.25) is 0 Å². The van der Waals surface area contributed by atoms with Crippen LogP contribution in [0.5, 0.6) is 0 Å². The molecule has 0 spiro atoms. The molecule has 0 radical (unpaired) electrons. The predicted molar refractivity (Wildman–Crippen MR) is 49.6 cm³/mol. The normalized spacial score (nSPS) is 10.1. The Morgan fingerprint density at radius 2 is 2.25 bits per heavy atom. The second kappa shape index (κ2) is 3.11. The summed E-state index contributed by atoms with van der Waals surface area (Å²) < 4.78 is 6.19. The monoisotopic (exact) mass is 223 g/mol. The number of pyridine rings is 1. The van der Waals surface area contributed by atoms with Crippen molar-refractivity contribution < 1.29 is 4.42 Å². The Hall–Kier alpha value is -1.09. The minimum Gasteiger partial charge on any atom is -0.464 e. The Morgan fingerprint density at radius 1 is 1.33 bits per heavy atom. The van der Waals surface area contributed by atoms with Gasteiger partial charge in [0.2, 0.25) is 0 Å². The van der Waals surface area contributed by atoms with Gasteiger partial charge in [-0.3, -0.25) is 4.98 Å². The largest absolute Gasteiger partial charge is 0.464 e. The smallest absolute Gasteiger partial charge is 0.135 e. The first-order chi connectivity index (χ1) is 5.88. The van der Waals surface area contributed by atoms with Crippen LogP contribution in [-0.2, 0) is 0 Å². The molecule has 0 aliphatic carbocycles. The summed E-state index contributed by atoms with van der Waals surface area (Å²) in [4.78, 5) is 3.97. The van der Waals surface area contributed by atoms with E-state index in [4.69, 9.17) is 4.42 Å². The van der Waals surface area contributed by atoms with Crippen LogP contribution in [-0.4, -0.2) is 4.98 Å². The molecule has 2 aromatic heterocycles. The van der Waals surface area contributed by atoms with E-state index in [1.165, 1.54) is 0 Å². The van der Waals surface area contributed by atoms with Gasteiger partial charge in [-0.2, -0.15) is 0 Å². The average Bonchev–Trinajstić information content (AvgIpc) is 2.57. The zero-order chi connectivity index (χ0) is 8.39. The molecule has 2 aromatic rings. The van der Waals surface area contributed by atoms with Crippen molar-refractivity contribution in [2.45, 2.75) is 0 Å². The van der Waals surface area contributed by atoms with Gasteiger partial charge in [0, 0.05) is 22.4 Å². The molecule has 0 amide bonds. The lowest BCUT2D eigenvalue weighted by molar-refractivity contribution is 0.582. The van der Waals surface area contributed by atoms with E-state index in [0.717, 1.165) is 15.8 Å². The third-order valence-electron chi connectivity index (χ3n) is 1.56. The molecule has 2 heterocycles. The molecule has 3 heteroatoms. The lowest BCUT2D eigenvalue weighted by Gasteiger charge is -1.97. The SMILES string of the molecule is Brc1cnccc1-c1ccco1. The van der Waals surface area contributed by atoms with E-state index in [2.05, 4.69) is 20.9 Å². The number of rotatable bonds is 1. The fourth-order valence-electron chi connectivity index (χ4n) is 1.01. The minimum absolute atomic E-state index is 0.851. The molecule has 0 aromatic carbocycles. The molecule has 60 valence electrons. The van der Waals surface area contributed by atoms with E-state index in [-0.39, 0.29) is 0 Å². The Balaban J connectivity index is 2.55. The lowest BCUT2D eigenvalue weighted by atomic mass is 10.2. The number of hydrogen-bond donors (Lipinski definition) is 0. The average molecular weight is 224 g/mol. The molecule has 0 saturated carbocycles. The molecule has 12 heavy (non-hydrogen) atoms. The van der Waals surface area contributed by atoms with Gasteiger partial charge < -0.3 is 4.42 Å². The summed E-state index contributed by atoms with van der Waals surface area (Å²) in [6.45, 7) is 0. The molecule has 2 rings (SSSR count). The van der Waals surface area contributed by atoms with Crippen molar-refractivity contribution in [3.63, 3.8) is 0 Å². The van der Waals surface area contributed by atoms with Crippen LogP contribution in [0.1, 0.15) is 0 Å². The Kier molecular flexibility index (Phi) is 1.96. The van der Waals surface area contributed by atoms with E-state index >= 15 is 0 Å². The van der Waals surface area contributed by atoms with Crippen molar-refractivity contribution >= 4 is 15.9 Å². The first kappa shape index (κ1) is 7.55. The van der Waals surface area contributed by atoms with Crippen LogP contribution in [0.3, 0.4) is 0 Å². The van der Waals surface area contributed by atoms with Crippen LogP contribution in [0.15, 0.2) is 45.7 Å². The molecule has 0 aliphatic heterocycles. The summed E-state index contributed by atoms with van der Waals surface area (Å²) in [5.41, 5.74) is 1.02. The maximum Gasteiger partial charge on any atom is 0.135 e. The van der Waals surface area contributed by atoms with E-state index < -0.39 is 0 Å². The van der Waals surface area contributed by atoms with Crippen molar-refractivity contribution in [1.82, 2.24) is 4.98 Å². The van der Waals surface area contributed by atoms with Crippen LogP contribution in [0, 0.1) is 0 Å². The Morgan fingerprint density at radius 3 is 2.92 bits per heavy atom. The molecule has 0 bridgehead atoms. The van der Waals surface area contributed by atoms with E-state index in [0.29, 0.717) is 0 Å². The zero-order valence-corrected chi connectivity index (χ0v) is 7.78. The van der Waals surface area contributed by atoms with Gasteiger partial charge in [-0.05, 0) is 34.1 Å². The summed E-state index contributed by atoms with van der Waals surface area (Å²) in [7, 11) is 0. The molecular weight excluding hydrogens is 218 g/mol. The predicted octanol–water partition coefficient (Wildman–Crippen LogP) is 3.10. The van der Waals surface area contributed by atoms with Crippen molar-refractivity contribution in [1.29, 1.82) is 0 Å². The maximum absolute atomic E-state index is 5.24. The van der Waals surface area contributed by atoms with E-state index in [1.807, 2.05) is 18.2 Å². The quantitative estimate of drug-likeness (QED) is 0.743. The highest BCUT2D eigenvalue weighted by atomic mass is 79.9. The summed E-state index contributed by atoms with van der Waals surface area (Å²) in [6, 6.07) is 5.69. The molecule has 0 N–H and O–H groups in total. The van der Waals surface area contributed by atoms with E-state index in [1.54, 1.807) is 18.7 Å². The van der Waals surface area contributed by atoms with Crippen LogP contribution in [0.4, 0.5) is 0 Å². The number of furan rings is 1. The number of hydrogen-bond acceptors (Lipinski definition) is 2. The van der Waals surface area contributed by atoms with Crippen molar-refractivity contribution in [2.75, 3.05) is 0 Å². The third-order valence-corrected chi connectivity index (χ3v) is 2.19. The minimum atomic E-state index is 0.851. The van der Waals surface area contributed by atoms with Gasteiger partial charge >= 0.3 is 0 Å². The summed E-state index contributed by atoms with van der Waals surface area (Å²) in [5, 5.41) is 0. The number of nitrogens with zero attached hydrogens (tertiary/aromatic N) is 1. The van der Waals surface area contributed by atoms with Crippen molar-refractivity contribution in [3.8, 4) is 11.3 Å². The Bertz CT molecular complexity index is 370. The maximum atomic E-state index is 5.24. The van der Waals surface area contributed by atoms with Gasteiger partial charge in [0.25, 0.3) is 0 Å². The zero-order valence-electron chi connectivity index (χ0n) is 6.20. The lowest BCUT2D eigenvalue weighted by Crippen LogP contribution is -1.77. The first-order valence-corrected chi connectivity index (χ1v) is 4.30. The molecule has 2 nitrogen and oxygen atoms in total. The molecule has 0 saturated heterocycles. The van der Waals surface area contributed by atoms with Gasteiger partial charge in [-0.25, -0.2) is 0 Å². The number of halogens is 1. The van der Waals surface area contributed by atoms with Gasteiger partial charge in [0.15, 0.2) is 0 Å². The first-order valence-electron chi connectivity index (χ1n) is 3.51. The second-order valence-corrected chi connectivity index (χ2v) is 3.19. The van der Waals surface area contributed by atoms with Crippen LogP contribution >= 0.6 is 15.9 Å². The van der Waals surface area contributed by atoms with Gasteiger partial charge in [-0.15, -0.1) is 0 Å². The van der Waals surface area contributed by atoms with Gasteiger partial charge in [0.05, 0.1) is 6.26 Å². The second-order valence-electron chi connectivity index (χ2n) is 2.33. The fourth-order valence-corrected chi connectivity index (χ4v) is 1.45. The molecule has 0 unspecified atom stereocenters. The Labute approximate surface area is 78.4 Å². The standard InChI is InChI=1S/C9H6BrNO/c10-8-6-11-4-3-7(8)9-2-1-5-12-9/h1-6H. The molecule has 0 fully saturated rings. The summed E-state index contributed by atoms with van der Waals surface area (Å²) in [5.74, 6) is 0.851. The van der Waals surface area contributed by atoms with Crippen molar-refractivity contribution in [3.05, 3.63) is 41.3 Å². The van der Waals surface area contributed by atoms with Crippen molar-refractivity contribution in [2.24, 2.45) is 0 Å². The molecule has 0 atom stereocenters. The molecular formula is C9H6BrNO. The highest BCUT2D eigenvalue weighted by Gasteiger charge is 2.03. The summed E-state index contributed by atoms with van der Waals surface area (Å²) >= 11 is 3.40. The summed E-state index contributed by atoms with van der Waals surface area (Å²) in [6.07, 6.45) is 5.14. The van der Waals surface area contributed by atoms with E-state index in [9.17, 15) is 0 Å². The van der Waals surface area contributed by atoms with Crippen LogP contribution in [0.25, 0.3) is 11.3 Å². The topological polar surface area (TPSA) is 26.0 Å². The van der Waals surface area contributed by atoms with Crippen LogP contribution < -0.4 is 0 Å². The fraction of sp³-hybridized carbons (Fsp3) is 0.